The molecule has 2 heterocycles. The third-order valence-corrected chi connectivity index (χ3v) is 5.27. The number of piperidine rings is 1. The normalized spacial score (nSPS) is 30.7. The van der Waals surface area contributed by atoms with Gasteiger partial charge in [-0.1, -0.05) is 19.3 Å². The van der Waals surface area contributed by atoms with Crippen LogP contribution in [0.3, 0.4) is 0 Å². The molecule has 3 heteroatoms. The van der Waals surface area contributed by atoms with Crippen molar-refractivity contribution in [3.8, 4) is 0 Å². The topological polar surface area (TPSA) is 18.5 Å². The van der Waals surface area contributed by atoms with Crippen molar-refractivity contribution in [2.24, 2.45) is 0 Å². The molecule has 2 saturated heterocycles. The Bertz CT molecular complexity index is 210. The summed E-state index contributed by atoms with van der Waals surface area (Å²) in [5, 5.41) is 3.48. The maximum absolute atomic E-state index is 3.48. The molecule has 1 saturated carbocycles. The molecule has 18 heavy (non-hydrogen) atoms. The molecule has 1 aliphatic carbocycles. The Morgan fingerprint density at radius 3 is 1.67 bits per heavy atom. The van der Waals surface area contributed by atoms with Gasteiger partial charge in [0.05, 0.1) is 0 Å². The quantitative estimate of drug-likeness (QED) is 0.806. The summed E-state index contributed by atoms with van der Waals surface area (Å²) in [7, 11) is 0. The van der Waals surface area contributed by atoms with E-state index in [1.54, 1.807) is 0 Å². The SMILES string of the molecule is C1CCC(N2CCN(C3CCNCC3)CC2)CC1. The molecule has 0 bridgehead atoms. The van der Waals surface area contributed by atoms with Gasteiger partial charge in [-0.25, -0.2) is 0 Å². The highest BCUT2D eigenvalue weighted by Crippen LogP contribution is 2.24. The van der Waals surface area contributed by atoms with Crippen molar-refractivity contribution in [2.45, 2.75) is 57.0 Å². The van der Waals surface area contributed by atoms with Gasteiger partial charge in [0.15, 0.2) is 0 Å². The van der Waals surface area contributed by atoms with Crippen molar-refractivity contribution in [1.29, 1.82) is 0 Å². The lowest BCUT2D eigenvalue weighted by Gasteiger charge is -2.44. The Labute approximate surface area is 112 Å². The van der Waals surface area contributed by atoms with Crippen LogP contribution in [0.5, 0.6) is 0 Å². The van der Waals surface area contributed by atoms with E-state index in [1.807, 2.05) is 0 Å². The second-order valence-electron chi connectivity index (χ2n) is 6.34. The number of piperazine rings is 1. The number of hydrogen-bond acceptors (Lipinski definition) is 3. The van der Waals surface area contributed by atoms with Gasteiger partial charge in [0.25, 0.3) is 0 Å². The zero-order chi connectivity index (χ0) is 12.2. The van der Waals surface area contributed by atoms with Gasteiger partial charge in [0, 0.05) is 38.3 Å². The third-order valence-electron chi connectivity index (χ3n) is 5.27. The summed E-state index contributed by atoms with van der Waals surface area (Å²) in [6.45, 7) is 7.76. The van der Waals surface area contributed by atoms with Crippen LogP contribution in [-0.4, -0.2) is 61.2 Å². The lowest BCUT2D eigenvalue weighted by Crippen LogP contribution is -2.55. The van der Waals surface area contributed by atoms with E-state index in [4.69, 9.17) is 0 Å². The molecule has 0 spiro atoms. The molecule has 0 aromatic carbocycles. The van der Waals surface area contributed by atoms with Crippen LogP contribution in [0.1, 0.15) is 44.9 Å². The minimum Gasteiger partial charge on any atom is -0.317 e. The van der Waals surface area contributed by atoms with E-state index in [0.717, 1.165) is 12.1 Å². The van der Waals surface area contributed by atoms with Crippen LogP contribution in [0.15, 0.2) is 0 Å². The molecule has 0 atom stereocenters. The molecule has 0 radical (unpaired) electrons. The number of hydrogen-bond donors (Lipinski definition) is 1. The molecule has 104 valence electrons. The summed E-state index contributed by atoms with van der Waals surface area (Å²) >= 11 is 0. The fraction of sp³-hybridized carbons (Fsp3) is 1.00. The van der Waals surface area contributed by atoms with E-state index < -0.39 is 0 Å². The van der Waals surface area contributed by atoms with E-state index in [-0.39, 0.29) is 0 Å². The van der Waals surface area contributed by atoms with Gasteiger partial charge in [-0.2, -0.15) is 0 Å². The smallest absolute Gasteiger partial charge is 0.0120 e. The summed E-state index contributed by atoms with van der Waals surface area (Å²) in [5.74, 6) is 0. The number of rotatable bonds is 2. The summed E-state index contributed by atoms with van der Waals surface area (Å²) in [4.78, 5) is 5.55. The first-order chi connectivity index (χ1) is 8.93. The molecule has 0 aromatic rings. The molecule has 3 rings (SSSR count). The van der Waals surface area contributed by atoms with E-state index in [2.05, 4.69) is 15.1 Å². The van der Waals surface area contributed by atoms with Gasteiger partial charge in [0.2, 0.25) is 0 Å². The van der Waals surface area contributed by atoms with Crippen molar-refractivity contribution < 1.29 is 0 Å². The highest BCUT2D eigenvalue weighted by molar-refractivity contribution is 4.85. The second kappa shape index (κ2) is 6.36. The summed E-state index contributed by atoms with van der Waals surface area (Å²) in [5.41, 5.74) is 0. The Hall–Kier alpha value is -0.120. The predicted octanol–water partition coefficient (Wildman–Crippen LogP) is 1.69. The number of nitrogens with one attached hydrogen (secondary N) is 1. The van der Waals surface area contributed by atoms with Crippen LogP contribution in [0.25, 0.3) is 0 Å². The Balaban J connectivity index is 1.45. The lowest BCUT2D eigenvalue weighted by molar-refractivity contribution is 0.0482. The first kappa shape index (κ1) is 12.9. The standard InChI is InChI=1S/C15H29N3/c1-2-4-14(5-3-1)17-10-12-18(13-11-17)15-6-8-16-9-7-15/h14-16H,1-13H2. The molecule has 3 fully saturated rings. The molecule has 2 aliphatic heterocycles. The van der Waals surface area contributed by atoms with Crippen molar-refractivity contribution >= 4 is 0 Å². The lowest BCUT2D eigenvalue weighted by atomic mass is 9.93. The predicted molar refractivity (Wildman–Crippen MR) is 75.9 cm³/mol. The number of nitrogens with zero attached hydrogens (tertiary/aromatic N) is 2. The first-order valence-electron chi connectivity index (χ1n) is 8.12. The van der Waals surface area contributed by atoms with E-state index in [1.165, 1.54) is 84.2 Å². The Morgan fingerprint density at radius 2 is 1.11 bits per heavy atom. The van der Waals surface area contributed by atoms with E-state index in [0.29, 0.717) is 0 Å². The molecule has 0 aromatic heterocycles. The maximum Gasteiger partial charge on any atom is 0.0120 e. The highest BCUT2D eigenvalue weighted by Gasteiger charge is 2.28. The van der Waals surface area contributed by atoms with E-state index in [9.17, 15) is 0 Å². The van der Waals surface area contributed by atoms with Crippen molar-refractivity contribution in [3.05, 3.63) is 0 Å². The summed E-state index contributed by atoms with van der Waals surface area (Å²) < 4.78 is 0. The molecule has 0 unspecified atom stereocenters. The van der Waals surface area contributed by atoms with Gasteiger partial charge < -0.3 is 5.32 Å². The largest absolute Gasteiger partial charge is 0.317 e. The molecular formula is C15H29N3. The monoisotopic (exact) mass is 251 g/mol. The zero-order valence-electron chi connectivity index (χ0n) is 11.7. The molecule has 0 amide bonds. The second-order valence-corrected chi connectivity index (χ2v) is 6.34. The van der Waals surface area contributed by atoms with Gasteiger partial charge >= 0.3 is 0 Å². The van der Waals surface area contributed by atoms with Crippen LogP contribution in [0.4, 0.5) is 0 Å². The molecular weight excluding hydrogens is 222 g/mol. The summed E-state index contributed by atoms with van der Waals surface area (Å²) in [6.07, 6.45) is 10.1. The maximum atomic E-state index is 3.48. The zero-order valence-corrected chi connectivity index (χ0v) is 11.7. The minimum atomic E-state index is 0.875. The van der Waals surface area contributed by atoms with E-state index >= 15 is 0 Å². The molecule has 1 N–H and O–H groups in total. The fourth-order valence-corrected chi connectivity index (χ4v) is 4.09. The van der Waals surface area contributed by atoms with Crippen LogP contribution < -0.4 is 5.32 Å². The Kier molecular flexibility index (Phi) is 4.55. The average molecular weight is 251 g/mol. The van der Waals surface area contributed by atoms with Gasteiger partial charge in [-0.05, 0) is 38.8 Å². The average Bonchev–Trinajstić information content (AvgIpc) is 2.49. The van der Waals surface area contributed by atoms with Crippen molar-refractivity contribution in [2.75, 3.05) is 39.3 Å². The van der Waals surface area contributed by atoms with Crippen LogP contribution >= 0.6 is 0 Å². The minimum absolute atomic E-state index is 0.875. The molecule has 3 aliphatic rings. The van der Waals surface area contributed by atoms with Crippen LogP contribution in [-0.2, 0) is 0 Å². The van der Waals surface area contributed by atoms with Gasteiger partial charge in [0.1, 0.15) is 0 Å². The van der Waals surface area contributed by atoms with Gasteiger partial charge in [-0.3, -0.25) is 9.80 Å². The highest BCUT2D eigenvalue weighted by atomic mass is 15.3. The summed E-state index contributed by atoms with van der Waals surface area (Å²) in [6, 6.07) is 1.80. The first-order valence-corrected chi connectivity index (χ1v) is 8.12. The van der Waals surface area contributed by atoms with Crippen molar-refractivity contribution in [3.63, 3.8) is 0 Å². The molecule has 3 nitrogen and oxygen atoms in total. The van der Waals surface area contributed by atoms with Crippen LogP contribution in [0, 0.1) is 0 Å². The fourth-order valence-electron chi connectivity index (χ4n) is 4.09. The third kappa shape index (κ3) is 3.06. The van der Waals surface area contributed by atoms with Crippen molar-refractivity contribution in [1.82, 2.24) is 15.1 Å². The van der Waals surface area contributed by atoms with Gasteiger partial charge in [-0.15, -0.1) is 0 Å². The van der Waals surface area contributed by atoms with Crippen LogP contribution in [0.2, 0.25) is 0 Å². The Morgan fingerprint density at radius 1 is 0.611 bits per heavy atom.